The number of aromatic nitrogens is 4. The van der Waals surface area contributed by atoms with Crippen molar-refractivity contribution in [2.45, 2.75) is 0 Å². The number of rotatable bonds is 3. The first-order valence-electron chi connectivity index (χ1n) is 4.68. The Hall–Kier alpha value is -2.64. The maximum atomic E-state index is 11.3. The van der Waals surface area contributed by atoms with E-state index in [0.29, 0.717) is 4.68 Å². The van der Waals surface area contributed by atoms with Crippen LogP contribution in [0.1, 0.15) is 0 Å². The van der Waals surface area contributed by atoms with Crippen LogP contribution in [-0.2, 0) is 11.8 Å². The minimum atomic E-state index is -0.996. The van der Waals surface area contributed by atoms with Crippen LogP contribution in [0.15, 0.2) is 34.1 Å². The summed E-state index contributed by atoms with van der Waals surface area (Å²) in [7, 11) is 1.44. The van der Waals surface area contributed by atoms with E-state index >= 15 is 0 Å². The van der Waals surface area contributed by atoms with Gasteiger partial charge >= 0.3 is 11.1 Å². The minimum Gasteiger partial charge on any atom is -0.276 e. The van der Waals surface area contributed by atoms with Crippen molar-refractivity contribution in [3.05, 3.63) is 45.2 Å². The van der Waals surface area contributed by atoms with Gasteiger partial charge in [0.25, 0.3) is 0 Å². The molecule has 0 bridgehead atoms. The summed E-state index contributed by atoms with van der Waals surface area (Å²) in [5.74, 6) is 0.0814. The zero-order chi connectivity index (χ0) is 12.4. The van der Waals surface area contributed by atoms with E-state index in [1.54, 1.807) is 24.5 Å². The Kier molecular flexibility index (Phi) is 2.61. The molecule has 0 unspecified atom stereocenters. The number of hydrogen-bond donors (Lipinski definition) is 1. The fourth-order valence-corrected chi connectivity index (χ4v) is 1.29. The second kappa shape index (κ2) is 4.08. The molecule has 0 atom stereocenters. The molecule has 0 fully saturated rings. The fourth-order valence-electron chi connectivity index (χ4n) is 1.29. The molecule has 1 N–H and O–H groups in total. The van der Waals surface area contributed by atoms with Crippen molar-refractivity contribution in [3.63, 3.8) is 0 Å². The number of anilines is 1. The lowest BCUT2D eigenvalue weighted by Crippen LogP contribution is -2.42. The Balaban J connectivity index is 2.56. The molecule has 8 heteroatoms. The van der Waals surface area contributed by atoms with Gasteiger partial charge in [-0.15, -0.1) is 0 Å². The second-order valence-corrected chi connectivity index (χ2v) is 3.22. The summed E-state index contributed by atoms with van der Waals surface area (Å²) in [6.45, 7) is 0. The predicted octanol–water partition coefficient (Wildman–Crippen LogP) is -1.34. The third-order valence-corrected chi connectivity index (χ3v) is 2.16. The summed E-state index contributed by atoms with van der Waals surface area (Å²) in [6, 6.07) is 3.53. The summed E-state index contributed by atoms with van der Waals surface area (Å²) in [5, 5.41) is 0. The highest BCUT2D eigenvalue weighted by molar-refractivity contribution is 5.50. The van der Waals surface area contributed by atoms with Crippen LogP contribution >= 0.6 is 0 Å². The summed E-state index contributed by atoms with van der Waals surface area (Å²) in [4.78, 5) is 36.7. The topological polar surface area (TPSA) is 90.9 Å². The SMILES string of the molecule is Cn1c(Nn2cccc2)nc(=O)c(=O)n1C=O. The normalized spacial score (nSPS) is 10.2. The van der Waals surface area contributed by atoms with Gasteiger partial charge in [0.1, 0.15) is 0 Å². The number of carbonyl (C=O) groups excluding carboxylic acids is 1. The van der Waals surface area contributed by atoms with E-state index in [9.17, 15) is 14.4 Å². The van der Waals surface area contributed by atoms with Crippen LogP contribution in [0, 0.1) is 0 Å². The van der Waals surface area contributed by atoms with Crippen molar-refractivity contribution in [2.75, 3.05) is 5.43 Å². The largest absolute Gasteiger partial charge is 0.340 e. The standard InChI is InChI=1S/C9H9N5O3/c1-12-9(11-13-4-2-3-5-13)10-7(16)8(17)14(12)6-15/h2-6H,1H3,(H,10,11,16). The summed E-state index contributed by atoms with van der Waals surface area (Å²) in [5.41, 5.74) is 0.764. The Bertz CT molecular complexity index is 652. The van der Waals surface area contributed by atoms with Gasteiger partial charge in [0, 0.05) is 19.4 Å². The zero-order valence-corrected chi connectivity index (χ0v) is 8.90. The van der Waals surface area contributed by atoms with Gasteiger partial charge in [0.05, 0.1) is 0 Å². The molecule has 0 radical (unpaired) electrons. The zero-order valence-electron chi connectivity index (χ0n) is 8.90. The van der Waals surface area contributed by atoms with Crippen LogP contribution in [0.2, 0.25) is 0 Å². The Morgan fingerprint density at radius 2 is 1.94 bits per heavy atom. The Labute approximate surface area is 94.7 Å². The molecule has 88 valence electrons. The first kappa shape index (κ1) is 10.9. The lowest BCUT2D eigenvalue weighted by molar-refractivity contribution is 0.510. The molecule has 0 saturated carbocycles. The molecule has 0 amide bonds. The highest BCUT2D eigenvalue weighted by atomic mass is 16.2. The maximum absolute atomic E-state index is 11.3. The van der Waals surface area contributed by atoms with Gasteiger partial charge in [0.15, 0.2) is 0 Å². The third-order valence-electron chi connectivity index (χ3n) is 2.16. The monoisotopic (exact) mass is 235 g/mol. The van der Waals surface area contributed by atoms with Gasteiger partial charge in [-0.2, -0.15) is 9.67 Å². The summed E-state index contributed by atoms with van der Waals surface area (Å²) >= 11 is 0. The molecule has 0 aliphatic heterocycles. The van der Waals surface area contributed by atoms with Gasteiger partial charge < -0.3 is 0 Å². The molecular weight excluding hydrogens is 226 g/mol. The van der Waals surface area contributed by atoms with Crippen LogP contribution in [0.3, 0.4) is 0 Å². The van der Waals surface area contributed by atoms with E-state index in [4.69, 9.17) is 0 Å². The molecule has 2 rings (SSSR count). The lowest BCUT2D eigenvalue weighted by Gasteiger charge is -2.12. The minimum absolute atomic E-state index is 0.0814. The van der Waals surface area contributed by atoms with E-state index in [1.165, 1.54) is 11.7 Å². The van der Waals surface area contributed by atoms with Crippen molar-refractivity contribution < 1.29 is 4.79 Å². The highest BCUT2D eigenvalue weighted by Gasteiger charge is 2.09. The average Bonchev–Trinajstić information content (AvgIpc) is 2.79. The van der Waals surface area contributed by atoms with Gasteiger partial charge in [-0.25, -0.2) is 4.68 Å². The van der Waals surface area contributed by atoms with E-state index in [2.05, 4.69) is 10.4 Å². The lowest BCUT2D eigenvalue weighted by atomic mass is 10.7. The Morgan fingerprint density at radius 3 is 2.53 bits per heavy atom. The molecule has 2 heterocycles. The molecule has 0 spiro atoms. The quantitative estimate of drug-likeness (QED) is 0.525. The molecule has 0 aliphatic carbocycles. The van der Waals surface area contributed by atoms with Gasteiger partial charge in [-0.1, -0.05) is 0 Å². The highest BCUT2D eigenvalue weighted by Crippen LogP contribution is 1.97. The molecule has 0 saturated heterocycles. The Morgan fingerprint density at radius 1 is 1.29 bits per heavy atom. The van der Waals surface area contributed by atoms with Crippen molar-refractivity contribution in [3.8, 4) is 0 Å². The summed E-state index contributed by atoms with van der Waals surface area (Å²) < 4.78 is 3.32. The van der Waals surface area contributed by atoms with Crippen LogP contribution in [0.25, 0.3) is 0 Å². The average molecular weight is 235 g/mol. The van der Waals surface area contributed by atoms with Crippen molar-refractivity contribution in [2.24, 2.45) is 7.05 Å². The number of carbonyl (C=O) groups is 1. The molecule has 2 aromatic heterocycles. The maximum Gasteiger partial charge on any atom is 0.340 e. The second-order valence-electron chi connectivity index (χ2n) is 3.22. The number of hydrogen-bond acceptors (Lipinski definition) is 5. The van der Waals surface area contributed by atoms with E-state index in [-0.39, 0.29) is 12.4 Å². The summed E-state index contributed by atoms with van der Waals surface area (Å²) in [6.07, 6.45) is 3.62. The van der Waals surface area contributed by atoms with Crippen molar-refractivity contribution >= 4 is 12.4 Å². The fraction of sp³-hybridized carbons (Fsp3) is 0.111. The first-order chi connectivity index (χ1) is 8.13. The molecule has 2 aromatic rings. The molecular formula is C9H9N5O3. The van der Waals surface area contributed by atoms with Crippen LogP contribution < -0.4 is 16.5 Å². The van der Waals surface area contributed by atoms with Crippen molar-refractivity contribution in [1.82, 2.24) is 19.0 Å². The third kappa shape index (κ3) is 1.87. The van der Waals surface area contributed by atoms with Gasteiger partial charge in [-0.3, -0.25) is 24.5 Å². The number of nitrogens with one attached hydrogen (secondary N) is 1. The van der Waals surface area contributed by atoms with Gasteiger partial charge in [0.2, 0.25) is 12.4 Å². The van der Waals surface area contributed by atoms with Crippen LogP contribution in [-0.4, -0.2) is 25.4 Å². The molecule has 8 nitrogen and oxygen atoms in total. The number of nitrogens with zero attached hydrogens (tertiary/aromatic N) is 4. The van der Waals surface area contributed by atoms with E-state index in [1.807, 2.05) is 0 Å². The van der Waals surface area contributed by atoms with Crippen LogP contribution in [0.5, 0.6) is 0 Å². The molecule has 0 aromatic carbocycles. The first-order valence-corrected chi connectivity index (χ1v) is 4.68. The smallest absolute Gasteiger partial charge is 0.276 e. The van der Waals surface area contributed by atoms with E-state index < -0.39 is 11.1 Å². The van der Waals surface area contributed by atoms with Gasteiger partial charge in [-0.05, 0) is 12.1 Å². The van der Waals surface area contributed by atoms with E-state index in [0.717, 1.165) is 4.68 Å². The molecule has 17 heavy (non-hydrogen) atoms. The van der Waals surface area contributed by atoms with Crippen molar-refractivity contribution in [1.29, 1.82) is 0 Å². The predicted molar refractivity (Wildman–Crippen MR) is 59.3 cm³/mol. The molecule has 0 aliphatic rings. The van der Waals surface area contributed by atoms with Crippen LogP contribution in [0.4, 0.5) is 5.95 Å².